The summed E-state index contributed by atoms with van der Waals surface area (Å²) in [4.78, 5) is 43.1. The van der Waals surface area contributed by atoms with Crippen molar-refractivity contribution in [1.82, 2.24) is 29.5 Å². The van der Waals surface area contributed by atoms with Crippen molar-refractivity contribution >= 4 is 28.4 Å². The van der Waals surface area contributed by atoms with Gasteiger partial charge in [-0.3, -0.25) is 14.7 Å². The molecule has 0 aliphatic rings. The third kappa shape index (κ3) is 5.44. The van der Waals surface area contributed by atoms with E-state index in [1.54, 1.807) is 13.8 Å². The van der Waals surface area contributed by atoms with Gasteiger partial charge in [-0.15, -0.1) is 0 Å². The molecule has 15 heteroatoms. The van der Waals surface area contributed by atoms with Gasteiger partial charge in [-0.2, -0.15) is 10.2 Å². The summed E-state index contributed by atoms with van der Waals surface area (Å²) >= 11 is 0. The Kier molecular flexibility index (Phi) is 7.75. The summed E-state index contributed by atoms with van der Waals surface area (Å²) in [5.41, 5.74) is -2.07. The molecule has 3 aromatic heterocycles. The standard InChI is InChI=1S/C27H24F2N8O5/c1-3-36-27(41)37(17-7-4-15(28)5-8-17)26(40)22(35-36)25(39)32-16-6-9-19(18(29)12-16)42-20-10-11-30-23-21(20)24(34-33-23)31-14(2)13-38/h4-12,14,38H,3,13H2,1-2H3,(H,32,39)(H2,30,31,33,34)/t14-/m1/s1. The molecule has 13 nitrogen and oxygen atoms in total. The molecule has 0 unspecified atom stereocenters. The molecule has 5 rings (SSSR count). The van der Waals surface area contributed by atoms with Crippen molar-refractivity contribution in [3.05, 3.63) is 92.9 Å². The van der Waals surface area contributed by atoms with Gasteiger partial charge in [0.25, 0.3) is 11.5 Å². The zero-order chi connectivity index (χ0) is 30.0. The van der Waals surface area contributed by atoms with Crippen LogP contribution in [0.25, 0.3) is 16.7 Å². The van der Waals surface area contributed by atoms with E-state index in [1.165, 1.54) is 36.5 Å². The fourth-order valence-corrected chi connectivity index (χ4v) is 4.04. The summed E-state index contributed by atoms with van der Waals surface area (Å²) < 4.78 is 35.9. The van der Waals surface area contributed by atoms with Crippen molar-refractivity contribution < 1.29 is 23.4 Å². The van der Waals surface area contributed by atoms with Crippen LogP contribution >= 0.6 is 0 Å². The zero-order valence-electron chi connectivity index (χ0n) is 22.3. The molecule has 1 amide bonds. The van der Waals surface area contributed by atoms with Crippen LogP contribution in [0.3, 0.4) is 0 Å². The minimum absolute atomic E-state index is 0.0176. The van der Waals surface area contributed by atoms with Crippen LogP contribution in [0, 0.1) is 11.6 Å². The first kappa shape index (κ1) is 28.1. The Bertz CT molecular complexity index is 1900. The molecule has 0 fully saturated rings. The number of nitrogens with zero attached hydrogens (tertiary/aromatic N) is 5. The van der Waals surface area contributed by atoms with E-state index in [0.717, 1.165) is 22.9 Å². The number of aryl methyl sites for hydroxylation is 1. The lowest BCUT2D eigenvalue weighted by molar-refractivity contribution is 0.101. The third-order valence-electron chi connectivity index (χ3n) is 6.13. The Morgan fingerprint density at radius 3 is 2.57 bits per heavy atom. The SMILES string of the molecule is CCn1nc(C(=O)Nc2ccc(Oc3ccnc4[nH]nc(N[C@H](C)CO)c34)c(F)c2)c(=O)n(-c2ccc(F)cc2)c1=O. The number of aliphatic hydroxyl groups excluding tert-OH is 1. The van der Waals surface area contributed by atoms with Crippen LogP contribution in [0.5, 0.6) is 11.5 Å². The molecule has 0 spiro atoms. The van der Waals surface area contributed by atoms with E-state index in [-0.39, 0.29) is 42.1 Å². The van der Waals surface area contributed by atoms with Gasteiger partial charge in [-0.25, -0.2) is 27.8 Å². The number of aliphatic hydroxyl groups is 1. The number of carbonyl (C=O) groups is 1. The number of nitrogens with one attached hydrogen (secondary N) is 3. The first-order valence-electron chi connectivity index (χ1n) is 12.7. The highest BCUT2D eigenvalue weighted by atomic mass is 19.1. The normalized spacial score (nSPS) is 11.8. The Labute approximate surface area is 235 Å². The molecule has 0 aliphatic carbocycles. The maximum atomic E-state index is 15.1. The quantitative estimate of drug-likeness (QED) is 0.205. The number of amides is 1. The maximum Gasteiger partial charge on any atom is 0.352 e. The number of ether oxygens (including phenoxy) is 1. The van der Waals surface area contributed by atoms with E-state index < -0.39 is 34.5 Å². The number of hydrogen-bond donors (Lipinski definition) is 4. The predicted molar refractivity (Wildman–Crippen MR) is 148 cm³/mol. The molecule has 3 heterocycles. The minimum Gasteiger partial charge on any atom is -0.453 e. The molecule has 0 bridgehead atoms. The molecule has 42 heavy (non-hydrogen) atoms. The second-order valence-electron chi connectivity index (χ2n) is 9.10. The summed E-state index contributed by atoms with van der Waals surface area (Å²) in [6.07, 6.45) is 1.45. The van der Waals surface area contributed by atoms with E-state index in [0.29, 0.717) is 21.4 Å². The lowest BCUT2D eigenvalue weighted by Gasteiger charge is -2.13. The average Bonchev–Trinajstić information content (AvgIpc) is 3.39. The van der Waals surface area contributed by atoms with Crippen molar-refractivity contribution in [3.8, 4) is 17.2 Å². The van der Waals surface area contributed by atoms with Gasteiger partial charge in [0.15, 0.2) is 23.0 Å². The molecular formula is C27H24F2N8O5. The lowest BCUT2D eigenvalue weighted by Crippen LogP contribution is -2.44. The monoisotopic (exact) mass is 578 g/mol. The van der Waals surface area contributed by atoms with Gasteiger partial charge in [0.2, 0.25) is 5.69 Å². The fourth-order valence-electron chi connectivity index (χ4n) is 4.04. The molecule has 216 valence electrons. The van der Waals surface area contributed by atoms with Gasteiger partial charge >= 0.3 is 5.69 Å². The molecular weight excluding hydrogens is 554 g/mol. The highest BCUT2D eigenvalue weighted by Gasteiger charge is 2.21. The molecule has 0 radical (unpaired) electrons. The summed E-state index contributed by atoms with van der Waals surface area (Å²) in [5, 5.41) is 26.0. The van der Waals surface area contributed by atoms with E-state index in [4.69, 9.17) is 4.74 Å². The van der Waals surface area contributed by atoms with Gasteiger partial charge in [0.05, 0.1) is 12.3 Å². The van der Waals surface area contributed by atoms with Crippen LogP contribution in [0.15, 0.2) is 64.3 Å². The van der Waals surface area contributed by atoms with Gasteiger partial charge in [0, 0.05) is 36.6 Å². The van der Waals surface area contributed by atoms with E-state index in [1.807, 2.05) is 0 Å². The number of rotatable bonds is 9. The molecule has 4 N–H and O–H groups in total. The first-order valence-corrected chi connectivity index (χ1v) is 12.7. The van der Waals surface area contributed by atoms with Gasteiger partial charge < -0.3 is 20.5 Å². The van der Waals surface area contributed by atoms with Gasteiger partial charge in [0.1, 0.15) is 17.0 Å². The predicted octanol–water partition coefficient (Wildman–Crippen LogP) is 2.80. The first-order chi connectivity index (χ1) is 20.2. The number of aromatic amines is 1. The molecule has 0 saturated heterocycles. The van der Waals surface area contributed by atoms with Crippen LogP contribution in [-0.4, -0.2) is 53.2 Å². The number of benzene rings is 2. The number of hydrogen-bond acceptors (Lipinski definition) is 9. The lowest BCUT2D eigenvalue weighted by atomic mass is 10.2. The smallest absolute Gasteiger partial charge is 0.352 e. The Morgan fingerprint density at radius 1 is 1.12 bits per heavy atom. The summed E-state index contributed by atoms with van der Waals surface area (Å²) in [7, 11) is 0. The number of aromatic nitrogens is 6. The minimum atomic E-state index is -1.03. The topological polar surface area (TPSA) is 169 Å². The number of pyridine rings is 1. The highest BCUT2D eigenvalue weighted by Crippen LogP contribution is 2.34. The Balaban J connectivity index is 1.42. The van der Waals surface area contributed by atoms with Gasteiger partial charge in [-0.1, -0.05) is 0 Å². The van der Waals surface area contributed by atoms with Crippen molar-refractivity contribution in [2.75, 3.05) is 17.2 Å². The largest absolute Gasteiger partial charge is 0.453 e. The van der Waals surface area contributed by atoms with Crippen LogP contribution in [0.2, 0.25) is 0 Å². The maximum absolute atomic E-state index is 15.1. The van der Waals surface area contributed by atoms with Crippen LogP contribution < -0.4 is 26.6 Å². The Morgan fingerprint density at radius 2 is 1.88 bits per heavy atom. The van der Waals surface area contributed by atoms with Crippen molar-refractivity contribution in [2.24, 2.45) is 0 Å². The van der Waals surface area contributed by atoms with E-state index >= 15 is 4.39 Å². The van der Waals surface area contributed by atoms with Crippen LogP contribution in [0.4, 0.5) is 20.3 Å². The number of fused-ring (bicyclic) bond motifs is 1. The van der Waals surface area contributed by atoms with Crippen LogP contribution in [0.1, 0.15) is 24.3 Å². The zero-order valence-corrected chi connectivity index (χ0v) is 22.3. The van der Waals surface area contributed by atoms with Crippen molar-refractivity contribution in [1.29, 1.82) is 0 Å². The fraction of sp³-hybridized carbons (Fsp3) is 0.185. The number of halogens is 2. The molecule has 0 saturated carbocycles. The average molecular weight is 579 g/mol. The van der Waals surface area contributed by atoms with Crippen LogP contribution in [-0.2, 0) is 6.54 Å². The number of carbonyl (C=O) groups excluding carboxylic acids is 1. The van der Waals surface area contributed by atoms with E-state index in [2.05, 4.69) is 30.9 Å². The molecule has 0 aliphatic heterocycles. The molecule has 1 atom stereocenters. The van der Waals surface area contributed by atoms with Crippen molar-refractivity contribution in [2.45, 2.75) is 26.4 Å². The summed E-state index contributed by atoms with van der Waals surface area (Å²) in [5.74, 6) is -2.01. The number of anilines is 2. The van der Waals surface area contributed by atoms with Gasteiger partial charge in [-0.05, 0) is 50.2 Å². The van der Waals surface area contributed by atoms with E-state index in [9.17, 15) is 23.9 Å². The number of H-pyrrole nitrogens is 1. The molecule has 5 aromatic rings. The molecule has 2 aromatic carbocycles. The Hall–Kier alpha value is -5.44. The van der Waals surface area contributed by atoms with Crippen molar-refractivity contribution in [3.63, 3.8) is 0 Å². The summed E-state index contributed by atoms with van der Waals surface area (Å²) in [6, 6.07) is 9.39. The second kappa shape index (κ2) is 11.6. The summed E-state index contributed by atoms with van der Waals surface area (Å²) in [6.45, 7) is 3.22. The third-order valence-corrected chi connectivity index (χ3v) is 6.13. The highest BCUT2D eigenvalue weighted by molar-refractivity contribution is 6.02. The second-order valence-corrected chi connectivity index (χ2v) is 9.10.